The van der Waals surface area contributed by atoms with Crippen LogP contribution in [0.5, 0.6) is 5.75 Å². The molecule has 0 saturated carbocycles. The summed E-state index contributed by atoms with van der Waals surface area (Å²) in [4.78, 5) is 0.0816. The molecule has 0 bridgehead atoms. The van der Waals surface area contributed by atoms with Gasteiger partial charge in [0.15, 0.2) is 0 Å². The minimum absolute atomic E-state index is 0.0816. The first kappa shape index (κ1) is 13.9. The van der Waals surface area contributed by atoms with Crippen molar-refractivity contribution in [3.63, 3.8) is 0 Å². The molecule has 0 aliphatic carbocycles. The van der Waals surface area contributed by atoms with E-state index in [1.165, 1.54) is 22.5 Å². The fourth-order valence-electron chi connectivity index (χ4n) is 2.30. The van der Waals surface area contributed by atoms with E-state index >= 15 is 0 Å². The molecule has 110 valence electrons. The predicted octanol–water partition coefficient (Wildman–Crippen LogP) is 2.72. The van der Waals surface area contributed by atoms with E-state index in [0.717, 1.165) is 0 Å². The third kappa shape index (κ3) is 2.35. The summed E-state index contributed by atoms with van der Waals surface area (Å²) in [6, 6.07) is 10.8. The number of fused-ring (bicyclic) bond motifs is 1. The summed E-state index contributed by atoms with van der Waals surface area (Å²) >= 11 is 0. The number of aryl methyl sites for hydroxylation is 1. The lowest BCUT2D eigenvalue weighted by molar-refractivity contribution is 0.316. The molecule has 0 unspecified atom stereocenters. The van der Waals surface area contributed by atoms with Crippen molar-refractivity contribution in [1.82, 2.24) is 0 Å². The molecule has 0 N–H and O–H groups in total. The maximum atomic E-state index is 13.3. The van der Waals surface area contributed by atoms with Crippen molar-refractivity contribution in [2.45, 2.75) is 11.8 Å². The van der Waals surface area contributed by atoms with Crippen molar-refractivity contribution in [2.24, 2.45) is 0 Å². The number of hydrogen-bond acceptors (Lipinski definition) is 3. The second-order valence-corrected chi connectivity index (χ2v) is 6.67. The Morgan fingerprint density at radius 1 is 1.19 bits per heavy atom. The second kappa shape index (κ2) is 5.04. The van der Waals surface area contributed by atoms with Crippen LogP contribution in [0.1, 0.15) is 5.56 Å². The van der Waals surface area contributed by atoms with Gasteiger partial charge in [0.25, 0.3) is 10.0 Å². The largest absolute Gasteiger partial charge is 0.489 e. The normalized spacial score (nSPS) is 14.5. The topological polar surface area (TPSA) is 46.6 Å². The average molecular weight is 307 g/mol. The highest BCUT2D eigenvalue weighted by Crippen LogP contribution is 2.35. The third-order valence-corrected chi connectivity index (χ3v) is 5.21. The lowest BCUT2D eigenvalue weighted by atomic mass is 10.2. The highest BCUT2D eigenvalue weighted by Gasteiger charge is 2.30. The van der Waals surface area contributed by atoms with Crippen molar-refractivity contribution in [3.8, 4) is 5.75 Å². The first-order chi connectivity index (χ1) is 10.00. The molecule has 0 atom stereocenters. The Kier molecular flexibility index (Phi) is 3.33. The van der Waals surface area contributed by atoms with E-state index in [4.69, 9.17) is 4.74 Å². The number of para-hydroxylation sites is 2. The second-order valence-electron chi connectivity index (χ2n) is 4.80. The number of anilines is 1. The van der Waals surface area contributed by atoms with Gasteiger partial charge >= 0.3 is 0 Å². The zero-order valence-electron chi connectivity index (χ0n) is 11.4. The molecular weight excluding hydrogens is 293 g/mol. The van der Waals surface area contributed by atoms with Crippen LogP contribution in [0.3, 0.4) is 0 Å². The number of hydrogen-bond donors (Lipinski definition) is 0. The molecule has 3 rings (SSSR count). The van der Waals surface area contributed by atoms with Crippen LogP contribution < -0.4 is 9.04 Å². The molecule has 0 amide bonds. The highest BCUT2D eigenvalue weighted by molar-refractivity contribution is 7.92. The van der Waals surface area contributed by atoms with Gasteiger partial charge in [0.2, 0.25) is 0 Å². The number of rotatable bonds is 2. The van der Waals surface area contributed by atoms with E-state index in [9.17, 15) is 12.8 Å². The molecule has 1 aliphatic rings. The van der Waals surface area contributed by atoms with Gasteiger partial charge in [0.05, 0.1) is 17.1 Å². The number of sulfonamides is 1. The minimum atomic E-state index is -3.73. The van der Waals surface area contributed by atoms with Gasteiger partial charge < -0.3 is 4.74 Å². The van der Waals surface area contributed by atoms with E-state index in [1.54, 1.807) is 31.2 Å². The quantitative estimate of drug-likeness (QED) is 0.857. The van der Waals surface area contributed by atoms with Crippen molar-refractivity contribution in [2.75, 3.05) is 17.5 Å². The van der Waals surface area contributed by atoms with E-state index in [-0.39, 0.29) is 18.0 Å². The summed E-state index contributed by atoms with van der Waals surface area (Å²) in [6.45, 7) is 2.06. The number of halogens is 1. The van der Waals surface area contributed by atoms with E-state index < -0.39 is 15.8 Å². The van der Waals surface area contributed by atoms with Crippen LogP contribution in [0.4, 0.5) is 10.1 Å². The van der Waals surface area contributed by atoms with Gasteiger partial charge in [-0.15, -0.1) is 0 Å². The monoisotopic (exact) mass is 307 g/mol. The fourth-order valence-corrected chi connectivity index (χ4v) is 3.84. The Morgan fingerprint density at radius 3 is 2.71 bits per heavy atom. The summed E-state index contributed by atoms with van der Waals surface area (Å²) in [5, 5.41) is 0. The Labute approximate surface area is 122 Å². The lowest BCUT2D eigenvalue weighted by Gasteiger charge is -2.30. The SMILES string of the molecule is Cc1cc(S(=O)(=O)N2CCOc3ccccc32)ccc1F. The Hall–Kier alpha value is -2.08. The third-order valence-electron chi connectivity index (χ3n) is 3.40. The molecule has 1 heterocycles. The average Bonchev–Trinajstić information content (AvgIpc) is 2.49. The molecule has 0 fully saturated rings. The standard InChI is InChI=1S/C15H14FNO3S/c1-11-10-12(6-7-13(11)16)21(18,19)17-8-9-20-15-5-3-2-4-14(15)17/h2-7,10H,8-9H2,1H3. The van der Waals surface area contributed by atoms with Crippen LogP contribution in [0.15, 0.2) is 47.4 Å². The maximum Gasteiger partial charge on any atom is 0.264 e. The number of nitrogens with zero attached hydrogens (tertiary/aromatic N) is 1. The van der Waals surface area contributed by atoms with Crippen LogP contribution in [-0.4, -0.2) is 21.6 Å². The van der Waals surface area contributed by atoms with E-state index in [2.05, 4.69) is 0 Å². The van der Waals surface area contributed by atoms with Crippen molar-refractivity contribution < 1.29 is 17.5 Å². The summed E-state index contributed by atoms with van der Waals surface area (Å²) in [5.41, 5.74) is 0.809. The van der Waals surface area contributed by atoms with E-state index in [0.29, 0.717) is 17.0 Å². The van der Waals surface area contributed by atoms with Gasteiger partial charge in [-0.2, -0.15) is 0 Å². The highest BCUT2D eigenvalue weighted by atomic mass is 32.2. The maximum absolute atomic E-state index is 13.3. The summed E-state index contributed by atoms with van der Waals surface area (Å²) < 4.78 is 45.6. The molecule has 2 aromatic carbocycles. The van der Waals surface area contributed by atoms with Gasteiger partial charge in [0.1, 0.15) is 18.2 Å². The van der Waals surface area contributed by atoms with Gasteiger partial charge in [0, 0.05) is 0 Å². The molecule has 1 aliphatic heterocycles. The Morgan fingerprint density at radius 2 is 1.95 bits per heavy atom. The predicted molar refractivity (Wildman–Crippen MR) is 77.6 cm³/mol. The molecular formula is C15H14FNO3S. The van der Waals surface area contributed by atoms with Crippen molar-refractivity contribution >= 4 is 15.7 Å². The number of benzene rings is 2. The van der Waals surface area contributed by atoms with Gasteiger partial charge in [-0.3, -0.25) is 4.31 Å². The van der Waals surface area contributed by atoms with Gasteiger partial charge in [-0.05, 0) is 42.8 Å². The first-order valence-electron chi connectivity index (χ1n) is 6.51. The molecule has 0 aromatic heterocycles. The van der Waals surface area contributed by atoms with Crippen molar-refractivity contribution in [1.29, 1.82) is 0 Å². The van der Waals surface area contributed by atoms with E-state index in [1.807, 2.05) is 0 Å². The van der Waals surface area contributed by atoms with Gasteiger partial charge in [-0.25, -0.2) is 12.8 Å². The zero-order chi connectivity index (χ0) is 15.0. The van der Waals surface area contributed by atoms with Gasteiger partial charge in [-0.1, -0.05) is 12.1 Å². The smallest absolute Gasteiger partial charge is 0.264 e. The Bertz CT molecular complexity index is 789. The molecule has 21 heavy (non-hydrogen) atoms. The summed E-state index contributed by atoms with van der Waals surface area (Å²) in [7, 11) is -3.73. The molecule has 0 saturated heterocycles. The molecule has 0 radical (unpaired) electrons. The van der Waals surface area contributed by atoms with Crippen molar-refractivity contribution in [3.05, 3.63) is 53.8 Å². The van der Waals surface area contributed by atoms with Crippen LogP contribution >= 0.6 is 0 Å². The minimum Gasteiger partial charge on any atom is -0.489 e. The molecule has 4 nitrogen and oxygen atoms in total. The Balaban J connectivity index is 2.09. The molecule has 6 heteroatoms. The first-order valence-corrected chi connectivity index (χ1v) is 7.95. The molecule has 2 aromatic rings. The van der Waals surface area contributed by atoms with Crippen LogP contribution in [0, 0.1) is 12.7 Å². The van der Waals surface area contributed by atoms with Crippen LogP contribution in [0.25, 0.3) is 0 Å². The fraction of sp³-hybridized carbons (Fsp3) is 0.200. The van der Waals surface area contributed by atoms with Crippen LogP contribution in [0.2, 0.25) is 0 Å². The summed E-state index contributed by atoms with van der Waals surface area (Å²) in [5.74, 6) is 0.113. The number of ether oxygens (including phenoxy) is 1. The molecule has 0 spiro atoms. The lowest BCUT2D eigenvalue weighted by Crippen LogP contribution is -2.37. The summed E-state index contributed by atoms with van der Waals surface area (Å²) in [6.07, 6.45) is 0. The van der Waals surface area contributed by atoms with Crippen LogP contribution in [-0.2, 0) is 10.0 Å². The zero-order valence-corrected chi connectivity index (χ0v) is 12.2.